The minimum absolute atomic E-state index is 0.140. The lowest BCUT2D eigenvalue weighted by Crippen LogP contribution is -2.26. The van der Waals surface area contributed by atoms with E-state index in [2.05, 4.69) is 46.7 Å². The third kappa shape index (κ3) is 3.06. The average molecular weight is 266 g/mol. The summed E-state index contributed by atoms with van der Waals surface area (Å²) in [5, 5.41) is 3.30. The maximum Gasteiger partial charge on any atom is 0.0993 e. The van der Waals surface area contributed by atoms with Crippen molar-refractivity contribution in [1.29, 1.82) is 0 Å². The molecule has 3 nitrogen and oxygen atoms in total. The molecule has 2 aromatic rings. The summed E-state index contributed by atoms with van der Waals surface area (Å²) < 4.78 is 5.80. The van der Waals surface area contributed by atoms with Crippen molar-refractivity contribution >= 4 is 6.34 Å². The predicted molar refractivity (Wildman–Crippen MR) is 80.7 cm³/mol. The highest BCUT2D eigenvalue weighted by Crippen LogP contribution is 2.22. The van der Waals surface area contributed by atoms with Crippen LogP contribution in [0.15, 0.2) is 65.7 Å². The van der Waals surface area contributed by atoms with Gasteiger partial charge in [-0.2, -0.15) is 0 Å². The zero-order valence-electron chi connectivity index (χ0n) is 11.3. The van der Waals surface area contributed by atoms with Gasteiger partial charge in [-0.05, 0) is 11.1 Å². The smallest absolute Gasteiger partial charge is 0.0993 e. The average Bonchev–Trinajstić information content (AvgIpc) is 2.98. The van der Waals surface area contributed by atoms with Crippen molar-refractivity contribution in [3.8, 4) is 0 Å². The van der Waals surface area contributed by atoms with Crippen LogP contribution in [0.1, 0.15) is 17.2 Å². The van der Waals surface area contributed by atoms with Crippen molar-refractivity contribution in [2.75, 3.05) is 6.61 Å². The van der Waals surface area contributed by atoms with Crippen molar-refractivity contribution in [3.05, 3.63) is 71.8 Å². The van der Waals surface area contributed by atoms with Gasteiger partial charge in [-0.3, -0.25) is 4.99 Å². The van der Waals surface area contributed by atoms with Crippen molar-refractivity contribution in [3.63, 3.8) is 0 Å². The quantitative estimate of drug-likeness (QED) is 0.902. The summed E-state index contributed by atoms with van der Waals surface area (Å²) in [4.78, 5) is 4.46. The summed E-state index contributed by atoms with van der Waals surface area (Å²) in [6.07, 6.45) is 1.79. The van der Waals surface area contributed by atoms with Gasteiger partial charge < -0.3 is 10.1 Å². The van der Waals surface area contributed by atoms with Gasteiger partial charge in [-0.1, -0.05) is 60.7 Å². The van der Waals surface area contributed by atoms with Crippen LogP contribution >= 0.6 is 0 Å². The first-order chi connectivity index (χ1) is 9.93. The summed E-state index contributed by atoms with van der Waals surface area (Å²) in [5.41, 5.74) is 2.44. The summed E-state index contributed by atoms with van der Waals surface area (Å²) in [6.45, 7) is 1.26. The van der Waals surface area contributed by atoms with Crippen LogP contribution < -0.4 is 5.32 Å². The van der Waals surface area contributed by atoms with E-state index in [1.807, 2.05) is 24.3 Å². The lowest BCUT2D eigenvalue weighted by molar-refractivity contribution is 0.103. The first kappa shape index (κ1) is 12.9. The van der Waals surface area contributed by atoms with Crippen LogP contribution in [-0.2, 0) is 11.3 Å². The molecule has 2 aromatic carbocycles. The molecule has 102 valence electrons. The standard InChI is InChI=1S/C17H18N2O/c1-3-7-14(8-4-1)11-20-12-16-17(19-13-18-16)15-9-5-2-6-10-15/h1-10,13,16-17H,11-12H2,(H,18,19). The Labute approximate surface area is 119 Å². The Morgan fingerprint density at radius 2 is 1.65 bits per heavy atom. The SMILES string of the molecule is C1=NC(COCc2ccccc2)C(c2ccccc2)N1. The van der Waals surface area contributed by atoms with Gasteiger partial charge in [0.2, 0.25) is 0 Å². The second-order valence-corrected chi connectivity index (χ2v) is 4.90. The number of aliphatic imine (C=N–C) groups is 1. The second kappa shape index (κ2) is 6.35. The number of ether oxygens (including phenoxy) is 1. The zero-order chi connectivity index (χ0) is 13.6. The fourth-order valence-electron chi connectivity index (χ4n) is 2.41. The maximum absolute atomic E-state index is 5.80. The Hall–Kier alpha value is -2.13. The van der Waals surface area contributed by atoms with Gasteiger partial charge in [0, 0.05) is 0 Å². The fourth-order valence-corrected chi connectivity index (χ4v) is 2.41. The zero-order valence-corrected chi connectivity index (χ0v) is 11.3. The highest BCUT2D eigenvalue weighted by atomic mass is 16.5. The minimum atomic E-state index is 0.140. The van der Waals surface area contributed by atoms with Gasteiger partial charge >= 0.3 is 0 Å². The van der Waals surface area contributed by atoms with Gasteiger partial charge in [-0.25, -0.2) is 0 Å². The molecular weight excluding hydrogens is 248 g/mol. The van der Waals surface area contributed by atoms with Gasteiger partial charge in [0.15, 0.2) is 0 Å². The monoisotopic (exact) mass is 266 g/mol. The van der Waals surface area contributed by atoms with Gasteiger partial charge in [0.1, 0.15) is 0 Å². The number of rotatable bonds is 5. The molecule has 0 bridgehead atoms. The van der Waals surface area contributed by atoms with E-state index in [1.54, 1.807) is 6.34 Å². The summed E-state index contributed by atoms with van der Waals surface area (Å²) in [7, 11) is 0. The van der Waals surface area contributed by atoms with Gasteiger partial charge in [-0.15, -0.1) is 0 Å². The van der Waals surface area contributed by atoms with Crippen LogP contribution in [0.3, 0.4) is 0 Å². The molecule has 0 saturated heterocycles. The van der Waals surface area contributed by atoms with Gasteiger partial charge in [0.25, 0.3) is 0 Å². The molecule has 1 N–H and O–H groups in total. The topological polar surface area (TPSA) is 33.6 Å². The number of hydrogen-bond acceptors (Lipinski definition) is 3. The van der Waals surface area contributed by atoms with Crippen LogP contribution in [-0.4, -0.2) is 19.0 Å². The number of nitrogens with zero attached hydrogens (tertiary/aromatic N) is 1. The van der Waals surface area contributed by atoms with Crippen molar-refractivity contribution in [2.45, 2.75) is 18.7 Å². The Bertz CT molecular complexity index is 554. The van der Waals surface area contributed by atoms with E-state index in [9.17, 15) is 0 Å². The summed E-state index contributed by atoms with van der Waals surface area (Å²) >= 11 is 0. The maximum atomic E-state index is 5.80. The van der Waals surface area contributed by atoms with Crippen LogP contribution in [0.4, 0.5) is 0 Å². The molecular formula is C17H18N2O. The summed E-state index contributed by atoms with van der Waals surface area (Å²) in [5.74, 6) is 0. The lowest BCUT2D eigenvalue weighted by Gasteiger charge is -2.19. The third-order valence-electron chi connectivity index (χ3n) is 3.46. The first-order valence-electron chi connectivity index (χ1n) is 6.88. The fraction of sp³-hybridized carbons (Fsp3) is 0.235. The Balaban J connectivity index is 1.56. The molecule has 0 aliphatic carbocycles. The molecule has 0 aromatic heterocycles. The highest BCUT2D eigenvalue weighted by Gasteiger charge is 2.25. The van der Waals surface area contributed by atoms with Crippen LogP contribution in [0.5, 0.6) is 0 Å². The molecule has 3 rings (SSSR count). The number of benzene rings is 2. The molecule has 0 spiro atoms. The highest BCUT2D eigenvalue weighted by molar-refractivity contribution is 5.59. The Morgan fingerprint density at radius 1 is 0.950 bits per heavy atom. The number of nitrogens with one attached hydrogen (secondary N) is 1. The molecule has 1 heterocycles. The molecule has 1 aliphatic heterocycles. The van der Waals surface area contributed by atoms with E-state index in [4.69, 9.17) is 4.74 Å². The molecule has 1 aliphatic rings. The van der Waals surface area contributed by atoms with Gasteiger partial charge in [0.05, 0.1) is 31.6 Å². The Morgan fingerprint density at radius 3 is 2.40 bits per heavy atom. The van der Waals surface area contributed by atoms with Crippen LogP contribution in [0, 0.1) is 0 Å². The Kier molecular flexibility index (Phi) is 4.09. The lowest BCUT2D eigenvalue weighted by atomic mass is 10.0. The van der Waals surface area contributed by atoms with Crippen LogP contribution in [0.2, 0.25) is 0 Å². The summed E-state index contributed by atoms with van der Waals surface area (Å²) in [6, 6.07) is 21.0. The molecule has 0 fully saturated rings. The molecule has 0 saturated carbocycles. The molecule has 0 amide bonds. The largest absolute Gasteiger partial charge is 0.374 e. The van der Waals surface area contributed by atoms with E-state index < -0.39 is 0 Å². The predicted octanol–water partition coefficient (Wildman–Crippen LogP) is 2.94. The number of hydrogen-bond donors (Lipinski definition) is 1. The van der Waals surface area contributed by atoms with E-state index in [0.717, 1.165) is 0 Å². The van der Waals surface area contributed by atoms with Crippen molar-refractivity contribution < 1.29 is 4.74 Å². The van der Waals surface area contributed by atoms with Crippen molar-refractivity contribution in [1.82, 2.24) is 5.32 Å². The van der Waals surface area contributed by atoms with Crippen LogP contribution in [0.25, 0.3) is 0 Å². The third-order valence-corrected chi connectivity index (χ3v) is 3.46. The van der Waals surface area contributed by atoms with E-state index in [0.29, 0.717) is 13.2 Å². The van der Waals surface area contributed by atoms with E-state index in [-0.39, 0.29) is 12.1 Å². The van der Waals surface area contributed by atoms with E-state index >= 15 is 0 Å². The first-order valence-corrected chi connectivity index (χ1v) is 6.88. The second-order valence-electron chi connectivity index (χ2n) is 4.90. The van der Waals surface area contributed by atoms with Crippen molar-refractivity contribution in [2.24, 2.45) is 4.99 Å². The normalized spacial score (nSPS) is 20.8. The molecule has 0 radical (unpaired) electrons. The molecule has 2 unspecified atom stereocenters. The molecule has 2 atom stereocenters. The van der Waals surface area contributed by atoms with E-state index in [1.165, 1.54) is 11.1 Å². The molecule has 3 heteroatoms. The molecule has 20 heavy (non-hydrogen) atoms. The minimum Gasteiger partial charge on any atom is -0.374 e.